The lowest BCUT2D eigenvalue weighted by Gasteiger charge is -2.26. The lowest BCUT2D eigenvalue weighted by Crippen LogP contribution is -2.37. The predicted molar refractivity (Wildman–Crippen MR) is 146 cm³/mol. The first kappa shape index (κ1) is 29.2. The maximum atomic E-state index is 13.8. The van der Waals surface area contributed by atoms with Crippen molar-refractivity contribution < 1.29 is 36.1 Å². The molecule has 4 rings (SSSR count). The highest BCUT2D eigenvalue weighted by molar-refractivity contribution is 7.87. The van der Waals surface area contributed by atoms with Gasteiger partial charge in [0, 0.05) is 25.3 Å². The van der Waals surface area contributed by atoms with Crippen molar-refractivity contribution in [3.05, 3.63) is 95.3 Å². The number of nitrogens with zero attached hydrogens (tertiary/aromatic N) is 1. The highest BCUT2D eigenvalue weighted by Gasteiger charge is 2.26. The van der Waals surface area contributed by atoms with Crippen molar-refractivity contribution in [1.29, 1.82) is 0 Å². The van der Waals surface area contributed by atoms with Gasteiger partial charge in [-0.25, -0.2) is 9.18 Å². The summed E-state index contributed by atoms with van der Waals surface area (Å²) in [4.78, 5) is 27.0. The van der Waals surface area contributed by atoms with Crippen molar-refractivity contribution in [1.82, 2.24) is 4.90 Å². The molecule has 212 valence electrons. The Morgan fingerprint density at radius 3 is 2.52 bits per heavy atom. The van der Waals surface area contributed by atoms with Crippen LogP contribution in [0, 0.1) is 5.82 Å². The monoisotopic (exact) mass is 569 g/mol. The Balaban J connectivity index is 1.48. The third-order valence-electron chi connectivity index (χ3n) is 6.42. The Kier molecular flexibility index (Phi) is 9.89. The van der Waals surface area contributed by atoms with Crippen LogP contribution in [0.2, 0.25) is 0 Å². The molecule has 40 heavy (non-hydrogen) atoms. The van der Waals surface area contributed by atoms with Crippen LogP contribution in [0.5, 0.6) is 5.75 Å². The molecule has 1 heterocycles. The van der Waals surface area contributed by atoms with Gasteiger partial charge in [0.1, 0.15) is 16.5 Å². The number of unbranched alkanes of at least 4 members (excludes halogenated alkanes) is 1. The second-order valence-electron chi connectivity index (χ2n) is 9.50. The molecule has 0 unspecified atom stereocenters. The zero-order valence-corrected chi connectivity index (χ0v) is 23.1. The number of esters is 1. The molecule has 10 heteroatoms. The molecule has 1 fully saturated rings. The van der Waals surface area contributed by atoms with Crippen molar-refractivity contribution in [3.8, 4) is 5.75 Å². The van der Waals surface area contributed by atoms with Crippen LogP contribution in [0.25, 0.3) is 0 Å². The van der Waals surface area contributed by atoms with Gasteiger partial charge in [0.05, 0.1) is 18.3 Å². The van der Waals surface area contributed by atoms with Gasteiger partial charge in [-0.15, -0.1) is 0 Å². The molecule has 1 atom stereocenters. The van der Waals surface area contributed by atoms with Crippen LogP contribution in [0.15, 0.2) is 77.7 Å². The van der Waals surface area contributed by atoms with Crippen molar-refractivity contribution >= 4 is 22.0 Å². The highest BCUT2D eigenvalue weighted by Crippen LogP contribution is 2.24. The van der Waals surface area contributed by atoms with Crippen molar-refractivity contribution in [2.75, 3.05) is 19.8 Å². The van der Waals surface area contributed by atoms with Gasteiger partial charge in [-0.3, -0.25) is 4.79 Å². The van der Waals surface area contributed by atoms with Gasteiger partial charge in [-0.2, -0.15) is 8.42 Å². The molecular weight excluding hydrogens is 537 g/mol. The van der Waals surface area contributed by atoms with Gasteiger partial charge >= 0.3 is 16.1 Å². The van der Waals surface area contributed by atoms with Crippen molar-refractivity contribution in [3.63, 3.8) is 0 Å². The number of benzene rings is 3. The van der Waals surface area contributed by atoms with Crippen molar-refractivity contribution in [2.24, 2.45) is 0 Å². The molecule has 0 bridgehead atoms. The second-order valence-corrected chi connectivity index (χ2v) is 11.0. The van der Waals surface area contributed by atoms with Gasteiger partial charge in [-0.1, -0.05) is 43.7 Å². The molecule has 8 nitrogen and oxygen atoms in total. The summed E-state index contributed by atoms with van der Waals surface area (Å²) < 4.78 is 56.1. The molecule has 0 radical (unpaired) electrons. The van der Waals surface area contributed by atoms with E-state index in [9.17, 15) is 22.4 Å². The number of hydrogen-bond donors (Lipinski definition) is 0. The first-order valence-electron chi connectivity index (χ1n) is 13.2. The zero-order chi connectivity index (χ0) is 28.5. The van der Waals surface area contributed by atoms with E-state index in [-0.39, 0.29) is 46.9 Å². The molecule has 1 aliphatic rings. The predicted octanol–water partition coefficient (Wildman–Crippen LogP) is 5.37. The number of amides is 1. The maximum Gasteiger partial charge on any atom is 0.340 e. The van der Waals surface area contributed by atoms with E-state index in [0.29, 0.717) is 25.1 Å². The third-order valence-corrected chi connectivity index (χ3v) is 7.72. The summed E-state index contributed by atoms with van der Waals surface area (Å²) in [5.41, 5.74) is 0.846. The number of ether oxygens (including phenoxy) is 2. The van der Waals surface area contributed by atoms with E-state index in [1.54, 1.807) is 29.2 Å². The molecule has 0 aromatic heterocycles. The summed E-state index contributed by atoms with van der Waals surface area (Å²) in [5, 5.41) is 0. The lowest BCUT2D eigenvalue weighted by molar-refractivity contribution is 0.0493. The van der Waals surface area contributed by atoms with Gasteiger partial charge in [0.15, 0.2) is 0 Å². The quantitative estimate of drug-likeness (QED) is 0.164. The van der Waals surface area contributed by atoms with Crippen LogP contribution in [0.1, 0.15) is 58.9 Å². The Hall–Kier alpha value is -3.76. The summed E-state index contributed by atoms with van der Waals surface area (Å²) in [6.45, 7) is 3.32. The molecule has 0 spiro atoms. The first-order valence-corrected chi connectivity index (χ1v) is 14.6. The number of rotatable bonds is 12. The van der Waals surface area contributed by atoms with E-state index in [1.165, 1.54) is 48.5 Å². The van der Waals surface area contributed by atoms with Crippen LogP contribution in [0.3, 0.4) is 0 Å². The molecular formula is C30H32FNO7S. The normalized spacial score (nSPS) is 15.0. The van der Waals surface area contributed by atoms with Crippen LogP contribution >= 0.6 is 0 Å². The standard InChI is InChI=1S/C30H32FNO7S/c1-2-3-17-38-30(34)27-11-4-5-12-28(27)40(35,36)39-25-15-13-22(14-16-25)20-32(21-26-10-7-18-37-26)29(33)23-8-6-9-24(31)19-23/h4-6,8-9,11-16,19,26H,2-3,7,10,17-18,20-21H2,1H3/t26-/m1/s1. The summed E-state index contributed by atoms with van der Waals surface area (Å²) in [7, 11) is -4.34. The Morgan fingerprint density at radius 2 is 1.82 bits per heavy atom. The maximum absolute atomic E-state index is 13.8. The molecule has 0 N–H and O–H groups in total. The van der Waals surface area contributed by atoms with Gasteiger partial charge in [-0.05, 0) is 67.3 Å². The lowest BCUT2D eigenvalue weighted by atomic mass is 10.1. The van der Waals surface area contributed by atoms with Crippen LogP contribution in [-0.4, -0.2) is 51.1 Å². The van der Waals surface area contributed by atoms with Gasteiger partial charge in [0.2, 0.25) is 0 Å². The van der Waals surface area contributed by atoms with E-state index in [4.69, 9.17) is 13.7 Å². The minimum atomic E-state index is -4.34. The van der Waals surface area contributed by atoms with Crippen molar-refractivity contribution in [2.45, 2.75) is 50.2 Å². The summed E-state index contributed by atoms with van der Waals surface area (Å²) >= 11 is 0. The van der Waals surface area contributed by atoms with E-state index in [1.807, 2.05) is 6.92 Å². The van der Waals surface area contributed by atoms with E-state index in [2.05, 4.69) is 0 Å². The molecule has 1 aliphatic heterocycles. The average Bonchev–Trinajstić information content (AvgIpc) is 3.46. The number of carbonyl (C=O) groups excluding carboxylic acids is 2. The summed E-state index contributed by atoms with van der Waals surface area (Å²) in [6, 6.07) is 17.5. The Morgan fingerprint density at radius 1 is 1.05 bits per heavy atom. The molecule has 3 aromatic rings. The van der Waals surface area contributed by atoms with E-state index >= 15 is 0 Å². The smallest absolute Gasteiger partial charge is 0.340 e. The first-order chi connectivity index (χ1) is 19.3. The molecule has 0 saturated carbocycles. The fourth-order valence-electron chi connectivity index (χ4n) is 4.34. The highest BCUT2D eigenvalue weighted by atomic mass is 32.2. The fraction of sp³-hybridized carbons (Fsp3) is 0.333. The molecule has 1 saturated heterocycles. The summed E-state index contributed by atoms with van der Waals surface area (Å²) in [5.74, 6) is -1.53. The Bertz CT molecular complexity index is 1420. The SMILES string of the molecule is CCCCOC(=O)c1ccccc1S(=O)(=O)Oc1ccc(CN(C[C@H]2CCCO2)C(=O)c2cccc(F)c2)cc1. The third kappa shape index (κ3) is 7.67. The largest absolute Gasteiger partial charge is 0.462 e. The number of carbonyl (C=O) groups is 2. The van der Waals surface area contributed by atoms with Gasteiger partial charge < -0.3 is 18.6 Å². The number of halogens is 1. The molecule has 1 amide bonds. The van der Waals surface area contributed by atoms with Gasteiger partial charge in [0.25, 0.3) is 5.91 Å². The van der Waals surface area contributed by atoms with E-state index < -0.39 is 21.9 Å². The van der Waals surface area contributed by atoms with E-state index in [0.717, 1.165) is 19.3 Å². The zero-order valence-electron chi connectivity index (χ0n) is 22.3. The van der Waals surface area contributed by atoms with Crippen LogP contribution in [0.4, 0.5) is 4.39 Å². The average molecular weight is 570 g/mol. The molecule has 3 aromatic carbocycles. The summed E-state index contributed by atoms with van der Waals surface area (Å²) in [6.07, 6.45) is 3.12. The minimum Gasteiger partial charge on any atom is -0.462 e. The topological polar surface area (TPSA) is 99.2 Å². The number of hydrogen-bond acceptors (Lipinski definition) is 7. The van der Waals surface area contributed by atoms with Crippen LogP contribution < -0.4 is 4.18 Å². The Labute approximate surface area is 233 Å². The van der Waals surface area contributed by atoms with Crippen LogP contribution in [-0.2, 0) is 26.1 Å². The minimum absolute atomic E-state index is 0.0417. The fourth-order valence-corrected chi connectivity index (χ4v) is 5.46. The second kappa shape index (κ2) is 13.5. The molecule has 0 aliphatic carbocycles.